The van der Waals surface area contributed by atoms with Crippen molar-refractivity contribution in [3.63, 3.8) is 0 Å². The number of fused-ring (bicyclic) bond motifs is 1. The van der Waals surface area contributed by atoms with Crippen LogP contribution in [0.2, 0.25) is 0 Å². The first-order chi connectivity index (χ1) is 13.5. The summed E-state index contributed by atoms with van der Waals surface area (Å²) < 4.78 is 6.48. The highest BCUT2D eigenvalue weighted by Gasteiger charge is 2.20. The molecule has 0 aliphatic heterocycles. The van der Waals surface area contributed by atoms with Gasteiger partial charge >= 0.3 is 5.97 Å². The van der Waals surface area contributed by atoms with Gasteiger partial charge in [0.2, 0.25) is 0 Å². The van der Waals surface area contributed by atoms with Gasteiger partial charge in [0.05, 0.1) is 23.7 Å². The van der Waals surface area contributed by atoms with Gasteiger partial charge in [-0.3, -0.25) is 14.2 Å². The van der Waals surface area contributed by atoms with E-state index in [0.717, 1.165) is 5.56 Å². The maximum Gasteiger partial charge on any atom is 0.326 e. The van der Waals surface area contributed by atoms with Gasteiger partial charge in [-0.1, -0.05) is 42.5 Å². The van der Waals surface area contributed by atoms with Crippen molar-refractivity contribution in [3.05, 3.63) is 76.2 Å². The molecular formula is C22H25N3O3. The van der Waals surface area contributed by atoms with Gasteiger partial charge in [-0.15, -0.1) is 0 Å². The Hall–Kier alpha value is -2.99. The lowest BCUT2D eigenvalue weighted by Gasteiger charge is -2.21. The van der Waals surface area contributed by atoms with E-state index in [1.165, 1.54) is 4.57 Å². The zero-order valence-electron chi connectivity index (χ0n) is 16.4. The Kier molecular flexibility index (Phi) is 6.21. The number of carbonyl (C=O) groups excluding carboxylic acids is 1. The molecule has 0 amide bonds. The van der Waals surface area contributed by atoms with Gasteiger partial charge in [0.1, 0.15) is 12.2 Å². The molecule has 146 valence electrons. The van der Waals surface area contributed by atoms with Gasteiger partial charge in [0, 0.05) is 6.04 Å². The Morgan fingerprint density at radius 1 is 1.07 bits per heavy atom. The quantitative estimate of drug-likeness (QED) is 0.637. The van der Waals surface area contributed by atoms with Gasteiger partial charge in [-0.25, -0.2) is 4.98 Å². The highest BCUT2D eigenvalue weighted by Crippen LogP contribution is 2.18. The molecule has 28 heavy (non-hydrogen) atoms. The van der Waals surface area contributed by atoms with Crippen molar-refractivity contribution in [1.82, 2.24) is 14.9 Å². The fraction of sp³-hybridized carbons (Fsp3) is 0.318. The predicted molar refractivity (Wildman–Crippen MR) is 109 cm³/mol. The fourth-order valence-corrected chi connectivity index (χ4v) is 3.28. The normalized spacial score (nSPS) is 13.2. The van der Waals surface area contributed by atoms with Crippen LogP contribution in [-0.2, 0) is 16.1 Å². The van der Waals surface area contributed by atoms with Crippen molar-refractivity contribution in [3.8, 4) is 0 Å². The Bertz CT molecular complexity index is 1010. The molecule has 1 aromatic heterocycles. The van der Waals surface area contributed by atoms with E-state index < -0.39 is 5.97 Å². The lowest BCUT2D eigenvalue weighted by atomic mass is 10.1. The van der Waals surface area contributed by atoms with Crippen LogP contribution in [0.5, 0.6) is 0 Å². The largest absolute Gasteiger partial charge is 0.465 e. The maximum atomic E-state index is 13.1. The standard InChI is InChI=1S/C22H25N3O3/c1-4-28-20(26)14-25-19-13-9-8-12-18(19)24-21(22(25)27)16(3)23-15(2)17-10-6-5-7-11-17/h5-13,15-16,23H,4,14H2,1-3H3/t15-,16-/m0/s1. The van der Waals surface area contributed by atoms with Gasteiger partial charge in [-0.05, 0) is 38.5 Å². The van der Waals surface area contributed by atoms with Crippen LogP contribution in [0.4, 0.5) is 0 Å². The second kappa shape index (κ2) is 8.80. The van der Waals surface area contributed by atoms with E-state index in [1.807, 2.05) is 62.4 Å². The first-order valence-corrected chi connectivity index (χ1v) is 9.47. The number of para-hydroxylation sites is 2. The minimum absolute atomic E-state index is 0.0439. The van der Waals surface area contributed by atoms with Gasteiger partial charge in [0.25, 0.3) is 5.56 Å². The van der Waals surface area contributed by atoms with Crippen molar-refractivity contribution >= 4 is 17.0 Å². The molecule has 0 unspecified atom stereocenters. The number of ether oxygens (including phenoxy) is 1. The number of nitrogens with zero attached hydrogens (tertiary/aromatic N) is 2. The van der Waals surface area contributed by atoms with E-state index in [1.54, 1.807) is 13.0 Å². The Morgan fingerprint density at radius 3 is 2.46 bits per heavy atom. The second-order valence-corrected chi connectivity index (χ2v) is 6.70. The molecule has 3 rings (SSSR count). The third-order valence-electron chi connectivity index (χ3n) is 4.68. The average Bonchev–Trinajstić information content (AvgIpc) is 2.70. The molecule has 0 fully saturated rings. The smallest absolute Gasteiger partial charge is 0.326 e. The summed E-state index contributed by atoms with van der Waals surface area (Å²) in [5.41, 5.74) is 2.51. The van der Waals surface area contributed by atoms with Crippen LogP contribution in [0, 0.1) is 0 Å². The van der Waals surface area contributed by atoms with Crippen LogP contribution in [0.15, 0.2) is 59.4 Å². The number of esters is 1. The molecule has 3 aromatic rings. The van der Waals surface area contributed by atoms with E-state index in [-0.39, 0.29) is 30.8 Å². The monoisotopic (exact) mass is 379 g/mol. The van der Waals surface area contributed by atoms with E-state index in [0.29, 0.717) is 16.7 Å². The SMILES string of the molecule is CCOC(=O)Cn1c(=O)c([C@H](C)N[C@@H](C)c2ccccc2)nc2ccccc21. The maximum absolute atomic E-state index is 13.1. The zero-order valence-corrected chi connectivity index (χ0v) is 16.4. The predicted octanol–water partition coefficient (Wildman–Crippen LogP) is 3.37. The summed E-state index contributed by atoms with van der Waals surface area (Å²) in [5.74, 6) is -0.440. The van der Waals surface area contributed by atoms with Gasteiger partial charge in [0.15, 0.2) is 0 Å². The second-order valence-electron chi connectivity index (χ2n) is 6.70. The summed E-state index contributed by atoms with van der Waals surface area (Å²) in [4.78, 5) is 29.8. The summed E-state index contributed by atoms with van der Waals surface area (Å²) in [6.07, 6.45) is 0. The van der Waals surface area contributed by atoms with Crippen LogP contribution < -0.4 is 10.9 Å². The van der Waals surface area contributed by atoms with Crippen LogP contribution in [0.25, 0.3) is 11.0 Å². The molecule has 0 bridgehead atoms. The minimum atomic E-state index is -0.440. The number of rotatable bonds is 7. The van der Waals surface area contributed by atoms with Crippen LogP contribution >= 0.6 is 0 Å². The molecule has 0 aliphatic carbocycles. The summed E-state index contributed by atoms with van der Waals surface area (Å²) in [7, 11) is 0. The lowest BCUT2D eigenvalue weighted by Crippen LogP contribution is -2.34. The molecule has 0 aliphatic rings. The Morgan fingerprint density at radius 2 is 1.75 bits per heavy atom. The van der Waals surface area contributed by atoms with E-state index >= 15 is 0 Å². The van der Waals surface area contributed by atoms with Crippen molar-refractivity contribution in [2.75, 3.05) is 6.61 Å². The topological polar surface area (TPSA) is 73.2 Å². The van der Waals surface area contributed by atoms with Gasteiger partial charge < -0.3 is 10.1 Å². The molecule has 1 heterocycles. The van der Waals surface area contributed by atoms with E-state index in [4.69, 9.17) is 4.74 Å². The summed E-state index contributed by atoms with van der Waals surface area (Å²) in [5, 5.41) is 3.43. The van der Waals surface area contributed by atoms with E-state index in [9.17, 15) is 9.59 Å². The molecule has 6 nitrogen and oxygen atoms in total. The van der Waals surface area contributed by atoms with Crippen LogP contribution in [0.1, 0.15) is 44.1 Å². The first kappa shape index (κ1) is 19.8. The highest BCUT2D eigenvalue weighted by molar-refractivity contribution is 5.77. The summed E-state index contributed by atoms with van der Waals surface area (Å²) in [6, 6.07) is 17.1. The third kappa shape index (κ3) is 4.28. The van der Waals surface area contributed by atoms with Crippen LogP contribution in [0.3, 0.4) is 0 Å². The highest BCUT2D eigenvalue weighted by atomic mass is 16.5. The fourth-order valence-electron chi connectivity index (χ4n) is 3.28. The zero-order chi connectivity index (χ0) is 20.1. The number of hydrogen-bond donors (Lipinski definition) is 1. The molecule has 0 saturated heterocycles. The summed E-state index contributed by atoms with van der Waals surface area (Å²) >= 11 is 0. The van der Waals surface area contributed by atoms with Crippen molar-refractivity contribution in [1.29, 1.82) is 0 Å². The van der Waals surface area contributed by atoms with Crippen LogP contribution in [-0.4, -0.2) is 22.1 Å². The van der Waals surface area contributed by atoms with Gasteiger partial charge in [-0.2, -0.15) is 0 Å². The number of hydrogen-bond acceptors (Lipinski definition) is 5. The Balaban J connectivity index is 1.97. The Labute approximate surface area is 164 Å². The average molecular weight is 379 g/mol. The first-order valence-electron chi connectivity index (χ1n) is 9.47. The number of aromatic nitrogens is 2. The van der Waals surface area contributed by atoms with Crippen molar-refractivity contribution in [2.45, 2.75) is 39.4 Å². The molecule has 2 atom stereocenters. The molecule has 6 heteroatoms. The molecule has 0 saturated carbocycles. The number of benzene rings is 2. The molecule has 0 spiro atoms. The van der Waals surface area contributed by atoms with Crippen molar-refractivity contribution < 1.29 is 9.53 Å². The third-order valence-corrected chi connectivity index (χ3v) is 4.68. The lowest BCUT2D eigenvalue weighted by molar-refractivity contribution is -0.143. The molecule has 1 N–H and O–H groups in total. The minimum Gasteiger partial charge on any atom is -0.465 e. The summed E-state index contributed by atoms with van der Waals surface area (Å²) in [6.45, 7) is 5.84. The molecular weight excluding hydrogens is 354 g/mol. The van der Waals surface area contributed by atoms with Crippen molar-refractivity contribution in [2.24, 2.45) is 0 Å². The van der Waals surface area contributed by atoms with E-state index in [2.05, 4.69) is 10.3 Å². The molecule has 0 radical (unpaired) electrons. The number of nitrogens with one attached hydrogen (secondary N) is 1. The number of carbonyl (C=O) groups is 1. The molecule has 2 aromatic carbocycles.